The summed E-state index contributed by atoms with van der Waals surface area (Å²) in [4.78, 5) is 10.7. The van der Waals surface area contributed by atoms with Gasteiger partial charge in [0.25, 0.3) is 0 Å². The molecule has 1 aromatic heterocycles. The highest BCUT2D eigenvalue weighted by molar-refractivity contribution is 5.72. The molecule has 0 saturated heterocycles. The first-order valence-corrected chi connectivity index (χ1v) is 5.60. The maximum Gasteiger partial charge on any atom is 0.309 e. The minimum absolute atomic E-state index is 0.138. The summed E-state index contributed by atoms with van der Waals surface area (Å²) in [6, 6.07) is 5.73. The number of hydrogen-bond donors (Lipinski definition) is 1. The molecule has 0 aliphatic rings. The number of hydrogen-bond acceptors (Lipinski definition) is 3. The monoisotopic (exact) mass is 264 g/mol. The summed E-state index contributed by atoms with van der Waals surface area (Å²) in [6.45, 7) is 0. The summed E-state index contributed by atoms with van der Waals surface area (Å²) in [5.41, 5.74) is 1.51. The van der Waals surface area contributed by atoms with Crippen LogP contribution in [0, 0.1) is 5.82 Å². The largest absolute Gasteiger partial charge is 0.496 e. The molecule has 5 nitrogen and oxygen atoms in total. The first-order chi connectivity index (χ1) is 9.01. The zero-order valence-electron chi connectivity index (χ0n) is 10.6. The van der Waals surface area contributed by atoms with Crippen LogP contribution in [0.15, 0.2) is 24.3 Å². The van der Waals surface area contributed by atoms with E-state index in [0.717, 1.165) is 0 Å². The van der Waals surface area contributed by atoms with E-state index in [9.17, 15) is 9.18 Å². The molecule has 0 spiro atoms. The van der Waals surface area contributed by atoms with E-state index in [-0.39, 0.29) is 6.42 Å². The Morgan fingerprint density at radius 3 is 2.84 bits per heavy atom. The lowest BCUT2D eigenvalue weighted by atomic mass is 10.1. The number of halogens is 1. The molecule has 1 aromatic carbocycles. The zero-order chi connectivity index (χ0) is 14.0. The molecule has 6 heteroatoms. The molecule has 0 amide bonds. The molecule has 0 saturated carbocycles. The molecule has 0 unspecified atom stereocenters. The lowest BCUT2D eigenvalue weighted by Gasteiger charge is -2.05. The Hall–Kier alpha value is -2.37. The van der Waals surface area contributed by atoms with Crippen LogP contribution in [0.4, 0.5) is 4.39 Å². The van der Waals surface area contributed by atoms with Crippen LogP contribution in [0.5, 0.6) is 5.75 Å². The summed E-state index contributed by atoms with van der Waals surface area (Å²) in [6.07, 6.45) is -0.138. The SMILES string of the molecule is COc1ccc(F)cc1-c1cc(CC(=O)O)n(C)n1. The number of carbonyl (C=O) groups is 1. The molecule has 2 rings (SSSR count). The molecule has 0 radical (unpaired) electrons. The minimum Gasteiger partial charge on any atom is -0.496 e. The maximum absolute atomic E-state index is 13.3. The van der Waals surface area contributed by atoms with Crippen LogP contribution in [0.1, 0.15) is 5.69 Å². The molecule has 0 fully saturated rings. The molecule has 19 heavy (non-hydrogen) atoms. The number of aliphatic carboxylic acids is 1. The van der Waals surface area contributed by atoms with Crippen LogP contribution in [-0.2, 0) is 18.3 Å². The number of carboxylic acids is 1. The smallest absolute Gasteiger partial charge is 0.309 e. The van der Waals surface area contributed by atoms with E-state index in [1.54, 1.807) is 13.1 Å². The van der Waals surface area contributed by atoms with Crippen molar-refractivity contribution < 1.29 is 19.0 Å². The van der Waals surface area contributed by atoms with E-state index in [1.165, 1.54) is 30.0 Å². The number of methoxy groups -OCH3 is 1. The van der Waals surface area contributed by atoms with Gasteiger partial charge in [-0.05, 0) is 24.3 Å². The van der Waals surface area contributed by atoms with Gasteiger partial charge in [-0.3, -0.25) is 9.48 Å². The first-order valence-electron chi connectivity index (χ1n) is 5.60. The fraction of sp³-hybridized carbons (Fsp3) is 0.231. The van der Waals surface area contributed by atoms with Gasteiger partial charge in [0.1, 0.15) is 11.6 Å². The van der Waals surface area contributed by atoms with Gasteiger partial charge < -0.3 is 9.84 Å². The van der Waals surface area contributed by atoms with Crippen molar-refractivity contribution in [1.82, 2.24) is 9.78 Å². The molecule has 1 N–H and O–H groups in total. The fourth-order valence-electron chi connectivity index (χ4n) is 1.84. The summed E-state index contributed by atoms with van der Waals surface area (Å²) < 4.78 is 19.9. The second kappa shape index (κ2) is 5.09. The van der Waals surface area contributed by atoms with E-state index >= 15 is 0 Å². The van der Waals surface area contributed by atoms with E-state index < -0.39 is 11.8 Å². The number of benzene rings is 1. The second-order valence-electron chi connectivity index (χ2n) is 4.06. The van der Waals surface area contributed by atoms with Crippen LogP contribution in [-0.4, -0.2) is 28.0 Å². The average Bonchev–Trinajstić information content (AvgIpc) is 2.70. The standard InChI is InChI=1S/C13H13FN2O3/c1-16-9(7-13(17)18)6-11(15-16)10-5-8(14)3-4-12(10)19-2/h3-6H,7H2,1-2H3,(H,17,18). The van der Waals surface area contributed by atoms with Crippen molar-refractivity contribution in [1.29, 1.82) is 0 Å². The average molecular weight is 264 g/mol. The number of carboxylic acid groups (broad SMARTS) is 1. The highest BCUT2D eigenvalue weighted by Crippen LogP contribution is 2.30. The fourth-order valence-corrected chi connectivity index (χ4v) is 1.84. The van der Waals surface area contributed by atoms with E-state index in [0.29, 0.717) is 22.7 Å². The molecular formula is C13H13FN2O3. The van der Waals surface area contributed by atoms with Crippen molar-refractivity contribution in [2.75, 3.05) is 7.11 Å². The molecule has 0 aliphatic heterocycles. The molecule has 0 bridgehead atoms. The van der Waals surface area contributed by atoms with Gasteiger partial charge in [-0.15, -0.1) is 0 Å². The third-order valence-electron chi connectivity index (χ3n) is 2.75. The van der Waals surface area contributed by atoms with Gasteiger partial charge in [-0.1, -0.05) is 0 Å². The summed E-state index contributed by atoms with van der Waals surface area (Å²) in [7, 11) is 3.13. The predicted octanol–water partition coefficient (Wildman–Crippen LogP) is 1.86. The Labute approximate surface area is 109 Å². The Morgan fingerprint density at radius 2 is 2.21 bits per heavy atom. The Bertz CT molecular complexity index is 622. The van der Waals surface area contributed by atoms with Gasteiger partial charge >= 0.3 is 5.97 Å². The van der Waals surface area contributed by atoms with Crippen LogP contribution in [0.25, 0.3) is 11.3 Å². The van der Waals surface area contributed by atoms with Crippen molar-refractivity contribution in [3.63, 3.8) is 0 Å². The van der Waals surface area contributed by atoms with Crippen molar-refractivity contribution in [3.8, 4) is 17.0 Å². The topological polar surface area (TPSA) is 64.3 Å². The molecule has 0 aliphatic carbocycles. The van der Waals surface area contributed by atoms with Crippen LogP contribution in [0.3, 0.4) is 0 Å². The van der Waals surface area contributed by atoms with E-state index in [4.69, 9.17) is 9.84 Å². The highest BCUT2D eigenvalue weighted by atomic mass is 19.1. The summed E-state index contributed by atoms with van der Waals surface area (Å²) in [5, 5.41) is 13.0. The van der Waals surface area contributed by atoms with E-state index in [2.05, 4.69) is 5.10 Å². The first kappa shape index (κ1) is 13.1. The Kier molecular flexibility index (Phi) is 3.50. The zero-order valence-corrected chi connectivity index (χ0v) is 10.6. The lowest BCUT2D eigenvalue weighted by molar-refractivity contribution is -0.136. The van der Waals surface area contributed by atoms with Crippen LogP contribution < -0.4 is 4.74 Å². The van der Waals surface area contributed by atoms with Gasteiger partial charge in [-0.25, -0.2) is 4.39 Å². The predicted molar refractivity (Wildman–Crippen MR) is 66.5 cm³/mol. The van der Waals surface area contributed by atoms with Gasteiger partial charge in [0.2, 0.25) is 0 Å². The molecule has 0 atom stereocenters. The normalized spacial score (nSPS) is 10.5. The molecule has 2 aromatic rings. The second-order valence-corrected chi connectivity index (χ2v) is 4.06. The Morgan fingerprint density at radius 1 is 1.47 bits per heavy atom. The van der Waals surface area contributed by atoms with Gasteiger partial charge in [0, 0.05) is 18.3 Å². The lowest BCUT2D eigenvalue weighted by Crippen LogP contribution is -2.05. The molecule has 1 heterocycles. The highest BCUT2D eigenvalue weighted by Gasteiger charge is 2.14. The summed E-state index contributed by atoms with van der Waals surface area (Å²) >= 11 is 0. The quantitative estimate of drug-likeness (QED) is 0.915. The van der Waals surface area contributed by atoms with Gasteiger partial charge in [0.05, 0.1) is 19.2 Å². The molecular weight excluding hydrogens is 251 g/mol. The number of ether oxygens (including phenoxy) is 1. The number of aryl methyl sites for hydroxylation is 1. The Balaban J connectivity index is 2.47. The van der Waals surface area contributed by atoms with Crippen LogP contribution >= 0.6 is 0 Å². The third kappa shape index (κ3) is 2.73. The van der Waals surface area contributed by atoms with Crippen molar-refractivity contribution in [2.24, 2.45) is 7.05 Å². The van der Waals surface area contributed by atoms with Gasteiger partial charge in [-0.2, -0.15) is 5.10 Å². The van der Waals surface area contributed by atoms with E-state index in [1.807, 2.05) is 0 Å². The van der Waals surface area contributed by atoms with Crippen molar-refractivity contribution >= 4 is 5.97 Å². The number of nitrogens with zero attached hydrogens (tertiary/aromatic N) is 2. The van der Waals surface area contributed by atoms with Gasteiger partial charge in [0.15, 0.2) is 0 Å². The third-order valence-corrected chi connectivity index (χ3v) is 2.75. The van der Waals surface area contributed by atoms with Crippen molar-refractivity contribution in [2.45, 2.75) is 6.42 Å². The van der Waals surface area contributed by atoms with Crippen LogP contribution in [0.2, 0.25) is 0 Å². The number of rotatable bonds is 4. The van der Waals surface area contributed by atoms with Crippen molar-refractivity contribution in [3.05, 3.63) is 35.8 Å². The summed E-state index contributed by atoms with van der Waals surface area (Å²) in [5.74, 6) is -0.858. The maximum atomic E-state index is 13.3. The number of aromatic nitrogens is 2. The molecule has 100 valence electrons. The minimum atomic E-state index is -0.944.